The van der Waals surface area contributed by atoms with Gasteiger partial charge in [0.15, 0.2) is 6.61 Å². The highest BCUT2D eigenvalue weighted by molar-refractivity contribution is 5.85. The van der Waals surface area contributed by atoms with Gasteiger partial charge >= 0.3 is 11.6 Å². The van der Waals surface area contributed by atoms with Crippen LogP contribution in [0.2, 0.25) is 0 Å². The Kier molecular flexibility index (Phi) is 4.85. The highest BCUT2D eigenvalue weighted by Gasteiger charge is 2.13. The minimum absolute atomic E-state index is 0.165. The van der Waals surface area contributed by atoms with E-state index in [4.69, 9.17) is 13.9 Å². The molecule has 0 atom stereocenters. The number of benzene rings is 1. The van der Waals surface area contributed by atoms with Crippen molar-refractivity contribution in [2.75, 3.05) is 13.2 Å². The van der Waals surface area contributed by atoms with Gasteiger partial charge in [0.1, 0.15) is 11.3 Å². The van der Waals surface area contributed by atoms with Gasteiger partial charge in [0, 0.05) is 16.5 Å². The van der Waals surface area contributed by atoms with E-state index in [0.29, 0.717) is 29.1 Å². The van der Waals surface area contributed by atoms with Crippen LogP contribution in [-0.4, -0.2) is 19.2 Å². The zero-order valence-electron chi connectivity index (χ0n) is 13.3. The first kappa shape index (κ1) is 16.1. The fourth-order valence-electron chi connectivity index (χ4n) is 2.18. The number of aryl methyl sites for hydroxylation is 2. The van der Waals surface area contributed by atoms with Crippen molar-refractivity contribution in [2.45, 2.75) is 34.1 Å². The van der Waals surface area contributed by atoms with Gasteiger partial charge in [-0.3, -0.25) is 0 Å². The highest BCUT2D eigenvalue weighted by Crippen LogP contribution is 2.29. The molecule has 2 rings (SSSR count). The van der Waals surface area contributed by atoms with Gasteiger partial charge in [-0.2, -0.15) is 0 Å². The number of hydrogen-bond donors (Lipinski definition) is 0. The number of carbonyl (C=O) groups excluding carboxylic acids is 1. The molecule has 1 heterocycles. The third-order valence-electron chi connectivity index (χ3n) is 3.64. The van der Waals surface area contributed by atoms with E-state index >= 15 is 0 Å². The molecule has 5 heteroatoms. The molecule has 0 aliphatic rings. The average Bonchev–Trinajstić information content (AvgIpc) is 2.50. The van der Waals surface area contributed by atoms with Crippen LogP contribution in [0.5, 0.6) is 5.75 Å². The molecule has 0 aliphatic carbocycles. The summed E-state index contributed by atoms with van der Waals surface area (Å²) in [5.74, 6) is 0.0928. The van der Waals surface area contributed by atoms with Crippen molar-refractivity contribution in [2.24, 2.45) is 0 Å². The van der Waals surface area contributed by atoms with Crippen LogP contribution in [0.15, 0.2) is 21.3 Å². The summed E-state index contributed by atoms with van der Waals surface area (Å²) < 4.78 is 15.8. The minimum atomic E-state index is -0.414. The lowest BCUT2D eigenvalue weighted by Gasteiger charge is -2.12. The number of rotatable bonds is 5. The first-order valence-corrected chi connectivity index (χ1v) is 7.27. The monoisotopic (exact) mass is 304 g/mol. The summed E-state index contributed by atoms with van der Waals surface area (Å²) >= 11 is 0. The molecule has 0 aliphatic heterocycles. The number of ether oxygens (including phenoxy) is 2. The Bertz CT molecular complexity index is 758. The lowest BCUT2D eigenvalue weighted by atomic mass is 10.0. The van der Waals surface area contributed by atoms with Crippen molar-refractivity contribution < 1.29 is 18.7 Å². The van der Waals surface area contributed by atoms with E-state index in [1.165, 1.54) is 0 Å². The first-order valence-electron chi connectivity index (χ1n) is 7.27. The molecule has 1 aromatic heterocycles. The first-order chi connectivity index (χ1) is 10.5. The van der Waals surface area contributed by atoms with Crippen molar-refractivity contribution in [1.82, 2.24) is 0 Å². The van der Waals surface area contributed by atoms with Crippen LogP contribution in [-0.2, 0) is 9.53 Å². The largest absolute Gasteiger partial charge is 0.481 e. The lowest BCUT2D eigenvalue weighted by molar-refractivity contribution is -0.146. The molecule has 2 aromatic rings. The zero-order valence-corrected chi connectivity index (χ0v) is 13.3. The maximum absolute atomic E-state index is 11.8. The summed E-state index contributed by atoms with van der Waals surface area (Å²) in [5.41, 5.74) is 2.33. The third kappa shape index (κ3) is 3.13. The molecule has 22 heavy (non-hydrogen) atoms. The molecular weight excluding hydrogens is 284 g/mol. The van der Waals surface area contributed by atoms with Gasteiger partial charge < -0.3 is 13.9 Å². The van der Waals surface area contributed by atoms with Crippen LogP contribution in [0, 0.1) is 20.8 Å². The summed E-state index contributed by atoms with van der Waals surface area (Å²) in [6.45, 7) is 7.56. The summed E-state index contributed by atoms with van der Waals surface area (Å²) in [6.07, 6.45) is 0.768. The van der Waals surface area contributed by atoms with Crippen molar-refractivity contribution >= 4 is 16.9 Å². The van der Waals surface area contributed by atoms with Gasteiger partial charge in [0.2, 0.25) is 0 Å². The van der Waals surface area contributed by atoms with Crippen LogP contribution in [0.3, 0.4) is 0 Å². The maximum Gasteiger partial charge on any atom is 0.344 e. The quantitative estimate of drug-likeness (QED) is 0.627. The normalized spacial score (nSPS) is 10.7. The van der Waals surface area contributed by atoms with Gasteiger partial charge in [-0.05, 0) is 44.9 Å². The molecule has 0 N–H and O–H groups in total. The van der Waals surface area contributed by atoms with Crippen molar-refractivity contribution in [3.8, 4) is 5.75 Å². The molecule has 118 valence electrons. The fourth-order valence-corrected chi connectivity index (χ4v) is 2.18. The molecule has 1 aromatic carbocycles. The Balaban J connectivity index is 2.30. The van der Waals surface area contributed by atoms with Gasteiger partial charge in [0.05, 0.1) is 6.61 Å². The van der Waals surface area contributed by atoms with Gasteiger partial charge in [0.25, 0.3) is 0 Å². The number of esters is 1. The topological polar surface area (TPSA) is 65.7 Å². The molecule has 0 amide bonds. The lowest BCUT2D eigenvalue weighted by Crippen LogP contribution is -2.15. The Morgan fingerprint density at radius 3 is 2.55 bits per heavy atom. The zero-order chi connectivity index (χ0) is 16.3. The Morgan fingerprint density at radius 2 is 1.86 bits per heavy atom. The highest BCUT2D eigenvalue weighted by atomic mass is 16.6. The fraction of sp³-hybridized carbons (Fsp3) is 0.412. The van der Waals surface area contributed by atoms with Crippen LogP contribution in [0.25, 0.3) is 11.0 Å². The number of fused-ring (bicyclic) bond motifs is 1. The summed E-state index contributed by atoms with van der Waals surface area (Å²) in [4.78, 5) is 23.3. The van der Waals surface area contributed by atoms with E-state index in [9.17, 15) is 9.59 Å². The molecule has 0 saturated heterocycles. The van der Waals surface area contributed by atoms with E-state index in [-0.39, 0.29) is 12.2 Å². The molecular formula is C17H20O5. The predicted octanol–water partition coefficient (Wildman–Crippen LogP) is 3.05. The van der Waals surface area contributed by atoms with E-state index in [2.05, 4.69) is 0 Å². The second-order valence-corrected chi connectivity index (χ2v) is 5.21. The average molecular weight is 304 g/mol. The Morgan fingerprint density at radius 1 is 1.14 bits per heavy atom. The number of hydrogen-bond acceptors (Lipinski definition) is 5. The van der Waals surface area contributed by atoms with E-state index in [0.717, 1.165) is 17.4 Å². The van der Waals surface area contributed by atoms with Gasteiger partial charge in [-0.1, -0.05) is 6.92 Å². The van der Waals surface area contributed by atoms with Gasteiger partial charge in [-0.25, -0.2) is 9.59 Å². The second-order valence-electron chi connectivity index (χ2n) is 5.21. The predicted molar refractivity (Wildman–Crippen MR) is 83.4 cm³/mol. The van der Waals surface area contributed by atoms with Crippen molar-refractivity contribution in [1.29, 1.82) is 0 Å². The molecule has 0 spiro atoms. The molecule has 0 fully saturated rings. The molecule has 0 bridgehead atoms. The summed E-state index contributed by atoms with van der Waals surface area (Å²) in [6, 6.07) is 3.61. The standard InChI is InChI=1S/C17H20O5/c1-5-8-20-15(18)9-21-14-7-6-13-10(2)11(3)17(19)22-16(13)12(14)4/h6-7H,5,8-9H2,1-4H3. The van der Waals surface area contributed by atoms with E-state index in [1.807, 2.05) is 19.9 Å². The molecule has 0 saturated carbocycles. The molecule has 5 nitrogen and oxygen atoms in total. The summed E-state index contributed by atoms with van der Waals surface area (Å²) in [7, 11) is 0. The van der Waals surface area contributed by atoms with Crippen LogP contribution in [0.1, 0.15) is 30.0 Å². The Hall–Kier alpha value is -2.30. The molecule has 0 radical (unpaired) electrons. The Labute approximate surface area is 128 Å². The van der Waals surface area contributed by atoms with E-state index in [1.54, 1.807) is 19.9 Å². The second kappa shape index (κ2) is 6.64. The molecule has 0 unspecified atom stereocenters. The maximum atomic E-state index is 11.8. The minimum Gasteiger partial charge on any atom is -0.481 e. The van der Waals surface area contributed by atoms with Crippen LogP contribution < -0.4 is 10.4 Å². The van der Waals surface area contributed by atoms with Crippen molar-refractivity contribution in [3.05, 3.63) is 39.2 Å². The van der Waals surface area contributed by atoms with Gasteiger partial charge in [-0.15, -0.1) is 0 Å². The smallest absolute Gasteiger partial charge is 0.344 e. The van der Waals surface area contributed by atoms with E-state index < -0.39 is 5.97 Å². The summed E-state index contributed by atoms with van der Waals surface area (Å²) in [5, 5.41) is 0.871. The van der Waals surface area contributed by atoms with Crippen molar-refractivity contribution in [3.63, 3.8) is 0 Å². The van der Waals surface area contributed by atoms with Crippen LogP contribution in [0.4, 0.5) is 0 Å². The number of carbonyl (C=O) groups is 1. The third-order valence-corrected chi connectivity index (χ3v) is 3.64. The SMILES string of the molecule is CCCOC(=O)COc1ccc2c(C)c(C)c(=O)oc2c1C. The van der Waals surface area contributed by atoms with Crippen LogP contribution >= 0.6 is 0 Å².